The Hall–Kier alpha value is 0.0101. The van der Waals surface area contributed by atoms with Crippen LogP contribution in [0.2, 0.25) is 0 Å². The van der Waals surface area contributed by atoms with Crippen LogP contribution in [0.4, 0.5) is 0 Å². The molecular weight excluding hydrogens is 506 g/mol. The maximum Gasteiger partial charge on any atom is 4.00 e. The van der Waals surface area contributed by atoms with E-state index in [4.69, 9.17) is 0 Å². The van der Waals surface area contributed by atoms with Crippen molar-refractivity contribution in [1.29, 1.82) is 0 Å². The number of rotatable bonds is 0. The van der Waals surface area contributed by atoms with Gasteiger partial charge in [-0.05, 0) is 0 Å². The Kier molecular flexibility index (Phi) is 12.7. The molecule has 17 heavy (non-hydrogen) atoms. The Morgan fingerprint density at radius 1 is 0.706 bits per heavy atom. The molecule has 3 aromatic rings. The fourth-order valence-corrected chi connectivity index (χ4v) is 1.39. The monoisotopic (exact) mass is 518 g/mol. The summed E-state index contributed by atoms with van der Waals surface area (Å²) in [6, 6.07) is 24.7. The maximum atomic E-state index is 2.12. The first-order valence-electron chi connectivity index (χ1n) is 4.74. The van der Waals surface area contributed by atoms with Gasteiger partial charge in [-0.15, -0.1) is 29.7 Å². The summed E-state index contributed by atoms with van der Waals surface area (Å²) in [4.78, 5) is 0. The van der Waals surface area contributed by atoms with Gasteiger partial charge in [0.05, 0.1) is 0 Å². The fourth-order valence-electron chi connectivity index (χ4n) is 1.39. The van der Waals surface area contributed by atoms with E-state index in [2.05, 4.69) is 42.5 Å². The van der Waals surface area contributed by atoms with Crippen LogP contribution in [0.15, 0.2) is 72.8 Å². The number of hydrogen-bond donors (Lipinski definition) is 0. The van der Waals surface area contributed by atoms with Crippen molar-refractivity contribution in [3.8, 4) is 0 Å². The third-order valence-corrected chi connectivity index (χ3v) is 2.10. The summed E-state index contributed by atoms with van der Waals surface area (Å²) < 4.78 is 0. The Bertz CT molecular complexity index is 424. The Morgan fingerprint density at radius 2 is 1.35 bits per heavy atom. The van der Waals surface area contributed by atoms with Crippen molar-refractivity contribution >= 4 is 10.8 Å². The van der Waals surface area contributed by atoms with Gasteiger partial charge >= 0.3 is 25.8 Å². The normalized spacial score (nSPS) is 7.76. The summed E-state index contributed by atoms with van der Waals surface area (Å²) in [5, 5.41) is 2.66. The summed E-state index contributed by atoms with van der Waals surface area (Å²) in [5.41, 5.74) is 0. The number of benzene rings is 1. The first-order valence-corrected chi connectivity index (χ1v) is 4.74. The molecule has 0 unspecified atom stereocenters. The van der Waals surface area contributed by atoms with Crippen molar-refractivity contribution < 1.29 is 59.8 Å². The van der Waals surface area contributed by atoms with Crippen LogP contribution in [0.3, 0.4) is 0 Å². The average molecular weight is 519 g/mol. The van der Waals surface area contributed by atoms with Crippen LogP contribution in [0.25, 0.3) is 10.8 Å². The topological polar surface area (TPSA) is 0 Å². The molecular formula is C14H12Br2Hf. The predicted molar refractivity (Wildman–Crippen MR) is 61.6 cm³/mol. The van der Waals surface area contributed by atoms with Gasteiger partial charge in [-0.1, -0.05) is 6.07 Å². The van der Waals surface area contributed by atoms with Crippen LogP contribution in [0.1, 0.15) is 0 Å². The van der Waals surface area contributed by atoms with Crippen LogP contribution >= 0.6 is 0 Å². The van der Waals surface area contributed by atoms with Gasteiger partial charge in [-0.2, -0.15) is 35.7 Å². The second-order valence-electron chi connectivity index (χ2n) is 3.12. The molecule has 0 saturated heterocycles. The number of halogens is 2. The molecule has 0 heterocycles. The smallest absolute Gasteiger partial charge is 1.00 e. The minimum atomic E-state index is 0. The summed E-state index contributed by atoms with van der Waals surface area (Å²) in [6.45, 7) is 0. The molecule has 0 aliphatic carbocycles. The van der Waals surface area contributed by atoms with Gasteiger partial charge in [0, 0.05) is 0 Å². The minimum absolute atomic E-state index is 0. The van der Waals surface area contributed by atoms with E-state index >= 15 is 0 Å². The second-order valence-corrected chi connectivity index (χ2v) is 3.12. The molecule has 0 nitrogen and oxygen atoms in total. The molecule has 0 radical (unpaired) electrons. The number of hydrogen-bond acceptors (Lipinski definition) is 0. The van der Waals surface area contributed by atoms with Gasteiger partial charge in [0.15, 0.2) is 0 Å². The van der Waals surface area contributed by atoms with E-state index in [9.17, 15) is 0 Å². The molecule has 0 N–H and O–H groups in total. The van der Waals surface area contributed by atoms with Crippen molar-refractivity contribution in [1.82, 2.24) is 0 Å². The van der Waals surface area contributed by atoms with Gasteiger partial charge in [0.2, 0.25) is 0 Å². The standard InChI is InChI=1S/C9H7.C5H5.2BrH.Hf/c1-2-5-9-7-3-6-8(9)4-1;1-2-4-5-3-1;;;/h1-7H;1-5H;2*1H;/q2*-1;;;+4/p-2. The van der Waals surface area contributed by atoms with Crippen LogP contribution in [-0.2, 0) is 25.8 Å². The van der Waals surface area contributed by atoms with E-state index in [1.54, 1.807) is 0 Å². The van der Waals surface area contributed by atoms with Gasteiger partial charge < -0.3 is 34.0 Å². The van der Waals surface area contributed by atoms with E-state index in [1.165, 1.54) is 10.8 Å². The number of fused-ring (bicyclic) bond motifs is 1. The van der Waals surface area contributed by atoms with Gasteiger partial charge in [0.25, 0.3) is 0 Å². The molecule has 0 aliphatic heterocycles. The van der Waals surface area contributed by atoms with Crippen molar-refractivity contribution in [3.63, 3.8) is 0 Å². The Balaban J connectivity index is 0. The molecule has 3 rings (SSSR count). The predicted octanol–water partition coefficient (Wildman–Crippen LogP) is -2.03. The molecule has 0 amide bonds. The van der Waals surface area contributed by atoms with E-state index in [1.807, 2.05) is 30.3 Å². The van der Waals surface area contributed by atoms with Gasteiger partial charge in [-0.25, -0.2) is 12.1 Å². The fraction of sp³-hybridized carbons (Fsp3) is 0. The Labute approximate surface area is 142 Å². The van der Waals surface area contributed by atoms with E-state index < -0.39 is 0 Å². The van der Waals surface area contributed by atoms with E-state index in [0.29, 0.717) is 0 Å². The third-order valence-electron chi connectivity index (χ3n) is 2.10. The van der Waals surface area contributed by atoms with Crippen molar-refractivity contribution in [2.45, 2.75) is 0 Å². The van der Waals surface area contributed by atoms with Crippen molar-refractivity contribution in [2.24, 2.45) is 0 Å². The first-order chi connectivity index (χ1) is 6.97. The zero-order valence-electron chi connectivity index (χ0n) is 9.18. The quantitative estimate of drug-likeness (QED) is 0.238. The summed E-state index contributed by atoms with van der Waals surface area (Å²) in [7, 11) is 0. The zero-order valence-corrected chi connectivity index (χ0v) is 15.9. The molecule has 0 aromatic heterocycles. The molecule has 86 valence electrons. The van der Waals surface area contributed by atoms with E-state index in [0.717, 1.165) is 0 Å². The first kappa shape index (κ1) is 19.4. The summed E-state index contributed by atoms with van der Waals surface area (Å²) >= 11 is 0. The molecule has 0 atom stereocenters. The molecule has 0 spiro atoms. The average Bonchev–Trinajstić information content (AvgIpc) is 2.92. The Morgan fingerprint density at radius 3 is 1.88 bits per heavy atom. The molecule has 3 heteroatoms. The van der Waals surface area contributed by atoms with E-state index in [-0.39, 0.29) is 59.8 Å². The summed E-state index contributed by atoms with van der Waals surface area (Å²) in [6.07, 6.45) is 0. The van der Waals surface area contributed by atoms with Crippen LogP contribution in [0, 0.1) is 0 Å². The van der Waals surface area contributed by atoms with Crippen LogP contribution < -0.4 is 34.0 Å². The van der Waals surface area contributed by atoms with Gasteiger partial charge in [0.1, 0.15) is 0 Å². The molecule has 3 aromatic carbocycles. The maximum absolute atomic E-state index is 2.12. The molecule has 0 aliphatic rings. The SMILES string of the molecule is [Br-].[Br-].[Hf+4].c1cc[cH-]c1.c1ccc2[cH-]ccc2c1. The summed E-state index contributed by atoms with van der Waals surface area (Å²) in [5.74, 6) is 0. The minimum Gasteiger partial charge on any atom is -1.00 e. The largest absolute Gasteiger partial charge is 4.00 e. The molecule has 0 fully saturated rings. The molecule has 0 saturated carbocycles. The van der Waals surface area contributed by atoms with Gasteiger partial charge in [-0.3, -0.25) is 0 Å². The van der Waals surface area contributed by atoms with Crippen LogP contribution in [-0.4, -0.2) is 0 Å². The molecule has 0 bridgehead atoms. The second kappa shape index (κ2) is 11.1. The zero-order chi connectivity index (χ0) is 9.64. The van der Waals surface area contributed by atoms with Crippen molar-refractivity contribution in [2.75, 3.05) is 0 Å². The van der Waals surface area contributed by atoms with Crippen molar-refractivity contribution in [3.05, 3.63) is 72.8 Å². The van der Waals surface area contributed by atoms with Crippen LogP contribution in [0.5, 0.6) is 0 Å². The third kappa shape index (κ3) is 6.49.